The van der Waals surface area contributed by atoms with Gasteiger partial charge in [0.1, 0.15) is 29.8 Å². The normalized spacial score (nSPS) is 29.3. The number of ether oxygens (including phenoxy) is 1. The number of aromatic amines is 2. The number of aliphatic hydroxyl groups is 2. The molecule has 3 rings (SSSR count). The third-order valence-corrected chi connectivity index (χ3v) is 4.51. The first-order chi connectivity index (χ1) is 11.6. The molecule has 0 aromatic carbocycles. The Balaban J connectivity index is 1.95. The molecule has 0 unspecified atom stereocenters. The molecule has 0 spiro atoms. The molecule has 13 nitrogen and oxygen atoms in total. The quantitative estimate of drug-likeness (QED) is 0.289. The molecule has 25 heavy (non-hydrogen) atoms. The van der Waals surface area contributed by atoms with Crippen LogP contribution >= 0.6 is 7.82 Å². The van der Waals surface area contributed by atoms with Crippen molar-refractivity contribution in [2.45, 2.75) is 24.5 Å². The van der Waals surface area contributed by atoms with Gasteiger partial charge in [0, 0.05) is 7.05 Å². The Hall–Kier alpha value is -1.73. The topological polar surface area (TPSA) is 189 Å². The average Bonchev–Trinajstić information content (AvgIpc) is 2.96. The number of aliphatic hydroxyl groups excluding tert-OH is 2. The number of nitrogens with zero attached hydrogens (tertiary/aromatic N) is 2. The minimum atomic E-state index is -4.95. The summed E-state index contributed by atoms with van der Waals surface area (Å²) in [5.41, 5.74) is -1.27. The fourth-order valence-electron chi connectivity index (χ4n) is 3.02. The summed E-state index contributed by atoms with van der Waals surface area (Å²) in [5.74, 6) is 0.0776. The molecule has 0 aliphatic carbocycles. The van der Waals surface area contributed by atoms with Gasteiger partial charge < -0.3 is 34.5 Å². The summed E-state index contributed by atoms with van der Waals surface area (Å²) in [6.45, 7) is -0.623. The lowest BCUT2D eigenvalue weighted by atomic mass is 10.1. The molecule has 6 N–H and O–H groups in total. The number of nitrogens with one attached hydrogen (secondary N) is 2. The van der Waals surface area contributed by atoms with Crippen molar-refractivity contribution < 1.29 is 33.8 Å². The molecule has 3 heterocycles. The lowest BCUT2D eigenvalue weighted by Crippen LogP contribution is -2.46. The van der Waals surface area contributed by atoms with Gasteiger partial charge in [-0.1, -0.05) is 0 Å². The highest BCUT2D eigenvalue weighted by molar-refractivity contribution is 7.46. The molecule has 4 atom stereocenters. The van der Waals surface area contributed by atoms with E-state index in [9.17, 15) is 24.4 Å². The molecule has 2 aliphatic heterocycles. The zero-order valence-corrected chi connectivity index (χ0v) is 13.8. The van der Waals surface area contributed by atoms with E-state index in [1.165, 1.54) is 9.80 Å². The Bertz CT molecular complexity index is 819. The predicted octanol–water partition coefficient (Wildman–Crippen LogP) is -3.17. The summed E-state index contributed by atoms with van der Waals surface area (Å²) in [7, 11) is -3.38. The molecule has 1 aromatic heterocycles. The van der Waals surface area contributed by atoms with Crippen LogP contribution in [-0.2, 0) is 13.8 Å². The second kappa shape index (κ2) is 6.21. The molecule has 0 bridgehead atoms. The van der Waals surface area contributed by atoms with Crippen molar-refractivity contribution in [1.82, 2.24) is 9.97 Å². The van der Waals surface area contributed by atoms with Crippen LogP contribution in [0.1, 0.15) is 0 Å². The van der Waals surface area contributed by atoms with Crippen LogP contribution in [0.5, 0.6) is 0 Å². The number of phosphoric acid groups is 1. The lowest BCUT2D eigenvalue weighted by molar-refractivity contribution is -0.0218. The molecule has 0 saturated carbocycles. The first-order valence-electron chi connectivity index (χ1n) is 7.15. The number of fused-ring (bicyclic) bond motifs is 1. The van der Waals surface area contributed by atoms with Gasteiger partial charge in [0.15, 0.2) is 6.23 Å². The first-order valence-corrected chi connectivity index (χ1v) is 8.68. The van der Waals surface area contributed by atoms with Crippen molar-refractivity contribution in [3.8, 4) is 0 Å². The molecule has 1 saturated heterocycles. The summed E-state index contributed by atoms with van der Waals surface area (Å²) >= 11 is 0. The Kier molecular flexibility index (Phi) is 4.49. The molecular formula is C11H17N4O9P. The monoisotopic (exact) mass is 380 g/mol. The molecule has 14 heteroatoms. The molecule has 0 amide bonds. The van der Waals surface area contributed by atoms with Gasteiger partial charge in [-0.2, -0.15) is 0 Å². The van der Waals surface area contributed by atoms with Crippen LogP contribution < -0.4 is 21.0 Å². The maximum absolute atomic E-state index is 11.9. The van der Waals surface area contributed by atoms with Crippen LogP contribution in [0.25, 0.3) is 0 Å². The van der Waals surface area contributed by atoms with E-state index < -0.39 is 50.2 Å². The molecule has 0 radical (unpaired) electrons. The maximum atomic E-state index is 11.9. The Morgan fingerprint density at radius 2 is 2.04 bits per heavy atom. The highest BCUT2D eigenvalue weighted by Gasteiger charge is 2.51. The second-order valence-electron chi connectivity index (χ2n) is 5.71. The van der Waals surface area contributed by atoms with E-state index in [0.717, 1.165) is 0 Å². The minimum absolute atomic E-state index is 0.0425. The van der Waals surface area contributed by atoms with Crippen LogP contribution in [0, 0.1) is 0 Å². The number of anilines is 2. The highest BCUT2D eigenvalue weighted by Crippen LogP contribution is 2.43. The van der Waals surface area contributed by atoms with E-state index >= 15 is 0 Å². The number of aromatic nitrogens is 2. The molecular weight excluding hydrogens is 363 g/mol. The standard InChI is InChI=1S/C11H17N4O9P/c1-14-3-15(8-5(14)9(18)13-11(19)12-8)10-6(17)7(4(2-16)23-10)24-25(20,21)22/h4,6-7,10,16-17H,2-3H2,1H3,(H2,20,21,22)(H2,12,13,18,19)/t4-,6-,7-,10-/m1/s1. The lowest BCUT2D eigenvalue weighted by Gasteiger charge is -2.28. The van der Waals surface area contributed by atoms with Gasteiger partial charge in [0.05, 0.1) is 13.3 Å². The van der Waals surface area contributed by atoms with Gasteiger partial charge >= 0.3 is 13.5 Å². The molecule has 2 aliphatic rings. The Morgan fingerprint density at radius 3 is 2.64 bits per heavy atom. The number of hydrogen-bond donors (Lipinski definition) is 6. The fraction of sp³-hybridized carbons (Fsp3) is 0.636. The fourth-order valence-corrected chi connectivity index (χ4v) is 3.60. The number of H-pyrrole nitrogens is 2. The third kappa shape index (κ3) is 3.22. The van der Waals surface area contributed by atoms with Gasteiger partial charge in [0.25, 0.3) is 5.56 Å². The van der Waals surface area contributed by atoms with Crippen LogP contribution in [0.4, 0.5) is 11.5 Å². The molecule has 140 valence electrons. The van der Waals surface area contributed by atoms with E-state index in [0.29, 0.717) is 0 Å². The number of hydrogen-bond acceptors (Lipinski definition) is 9. The van der Waals surface area contributed by atoms with Gasteiger partial charge in [-0.15, -0.1) is 0 Å². The van der Waals surface area contributed by atoms with Crippen LogP contribution in [0.3, 0.4) is 0 Å². The number of phosphoric ester groups is 1. The summed E-state index contributed by atoms with van der Waals surface area (Å²) in [5, 5.41) is 19.7. The van der Waals surface area contributed by atoms with E-state index in [1.54, 1.807) is 7.05 Å². The molecule has 1 aromatic rings. The van der Waals surface area contributed by atoms with Gasteiger partial charge in [-0.05, 0) is 0 Å². The smallest absolute Gasteiger partial charge is 0.394 e. The first kappa shape index (κ1) is 18.1. The predicted molar refractivity (Wildman–Crippen MR) is 82.1 cm³/mol. The summed E-state index contributed by atoms with van der Waals surface area (Å²) in [4.78, 5) is 48.7. The van der Waals surface area contributed by atoms with Crippen LogP contribution in [0.15, 0.2) is 9.59 Å². The second-order valence-corrected chi connectivity index (χ2v) is 6.91. The van der Waals surface area contributed by atoms with Crippen molar-refractivity contribution >= 4 is 19.3 Å². The van der Waals surface area contributed by atoms with Gasteiger partial charge in [-0.3, -0.25) is 19.3 Å². The third-order valence-electron chi connectivity index (χ3n) is 3.99. The van der Waals surface area contributed by atoms with Crippen molar-refractivity contribution in [3.63, 3.8) is 0 Å². The van der Waals surface area contributed by atoms with E-state index in [-0.39, 0.29) is 18.2 Å². The van der Waals surface area contributed by atoms with Crippen molar-refractivity contribution in [3.05, 3.63) is 20.8 Å². The minimum Gasteiger partial charge on any atom is -0.394 e. The molecule has 1 fully saturated rings. The largest absolute Gasteiger partial charge is 0.470 e. The zero-order valence-electron chi connectivity index (χ0n) is 12.9. The van der Waals surface area contributed by atoms with Gasteiger partial charge in [0.2, 0.25) is 0 Å². The Labute approximate surface area is 139 Å². The van der Waals surface area contributed by atoms with Gasteiger partial charge in [-0.25, -0.2) is 9.36 Å². The van der Waals surface area contributed by atoms with Crippen molar-refractivity contribution in [1.29, 1.82) is 0 Å². The average molecular weight is 380 g/mol. The maximum Gasteiger partial charge on any atom is 0.470 e. The van der Waals surface area contributed by atoms with E-state index in [1.807, 2.05) is 0 Å². The summed E-state index contributed by atoms with van der Waals surface area (Å²) in [6.07, 6.45) is -5.49. The zero-order chi connectivity index (χ0) is 18.5. The number of rotatable bonds is 4. The van der Waals surface area contributed by atoms with Crippen LogP contribution in [0.2, 0.25) is 0 Å². The summed E-state index contributed by atoms with van der Waals surface area (Å²) < 4.78 is 21.0. The Morgan fingerprint density at radius 1 is 1.36 bits per heavy atom. The van der Waals surface area contributed by atoms with Crippen molar-refractivity contribution in [2.75, 3.05) is 30.1 Å². The highest BCUT2D eigenvalue weighted by atomic mass is 31.2. The summed E-state index contributed by atoms with van der Waals surface area (Å²) in [6, 6.07) is 0. The van der Waals surface area contributed by atoms with Crippen LogP contribution in [-0.4, -0.2) is 74.8 Å². The SMILES string of the molecule is CN1CN([C@@H]2O[C@H](CO)[C@@H](OP(=O)(O)O)[C@H]2O)c2[nH]c(=O)[nH]c(=O)c21. The van der Waals surface area contributed by atoms with E-state index in [2.05, 4.69) is 14.5 Å². The van der Waals surface area contributed by atoms with E-state index in [4.69, 9.17) is 14.5 Å². The van der Waals surface area contributed by atoms with Crippen molar-refractivity contribution in [2.24, 2.45) is 0 Å².